The van der Waals surface area contributed by atoms with Crippen molar-refractivity contribution < 1.29 is 4.79 Å². The van der Waals surface area contributed by atoms with E-state index in [0.717, 1.165) is 25.6 Å². The topological polar surface area (TPSA) is 55.1 Å². The summed E-state index contributed by atoms with van der Waals surface area (Å²) in [5.41, 5.74) is 5.41. The average Bonchev–Trinajstić information content (AvgIpc) is 2.95. The number of halogens is 2. The van der Waals surface area contributed by atoms with Crippen LogP contribution >= 0.6 is 43.2 Å². The third-order valence-corrected chi connectivity index (χ3v) is 5.86. The van der Waals surface area contributed by atoms with Crippen molar-refractivity contribution in [3.8, 4) is 0 Å². The normalized spacial score (nSPS) is 17.4. The molecule has 6 heteroatoms. The number of thiophene rings is 1. The van der Waals surface area contributed by atoms with Crippen LogP contribution in [0.4, 0.5) is 0 Å². The Balaban J connectivity index is 2.07. The molecule has 0 spiro atoms. The molecular weight excluding hydrogens is 356 g/mol. The second-order valence-electron chi connectivity index (χ2n) is 3.96. The van der Waals surface area contributed by atoms with Gasteiger partial charge in [0.2, 0.25) is 5.91 Å². The van der Waals surface area contributed by atoms with Crippen LogP contribution < -0.4 is 11.1 Å². The lowest BCUT2D eigenvalue weighted by atomic mass is 10.2. The van der Waals surface area contributed by atoms with Crippen LogP contribution in [0.15, 0.2) is 14.3 Å². The van der Waals surface area contributed by atoms with Gasteiger partial charge in [0.1, 0.15) is 6.04 Å². The van der Waals surface area contributed by atoms with E-state index >= 15 is 0 Å². The summed E-state index contributed by atoms with van der Waals surface area (Å²) in [5, 5.41) is 3.23. The number of amides is 1. The standard InChI is InChI=1S/C10H12Br2N2OS/c11-6-3-7(16-9(6)12)8(10(13)15)14-4-5-1-2-5/h3,5,8,14H,1-2,4H2,(H2,13,15). The minimum Gasteiger partial charge on any atom is -0.368 e. The van der Waals surface area contributed by atoms with Gasteiger partial charge in [-0.15, -0.1) is 11.3 Å². The average molecular weight is 368 g/mol. The molecule has 1 heterocycles. The Morgan fingerprint density at radius 2 is 2.31 bits per heavy atom. The smallest absolute Gasteiger partial charge is 0.239 e. The number of rotatable bonds is 5. The lowest BCUT2D eigenvalue weighted by Gasteiger charge is -2.13. The highest BCUT2D eigenvalue weighted by atomic mass is 79.9. The van der Waals surface area contributed by atoms with Gasteiger partial charge in [-0.25, -0.2) is 0 Å². The van der Waals surface area contributed by atoms with Gasteiger partial charge in [0, 0.05) is 9.35 Å². The molecule has 1 aliphatic carbocycles. The lowest BCUT2D eigenvalue weighted by Crippen LogP contribution is -2.34. The van der Waals surface area contributed by atoms with Gasteiger partial charge in [-0.1, -0.05) is 0 Å². The van der Waals surface area contributed by atoms with Crippen LogP contribution in [0.2, 0.25) is 0 Å². The van der Waals surface area contributed by atoms with Crippen molar-refractivity contribution in [3.63, 3.8) is 0 Å². The number of primary amides is 1. The molecule has 1 fully saturated rings. The van der Waals surface area contributed by atoms with Gasteiger partial charge in [0.25, 0.3) is 0 Å². The summed E-state index contributed by atoms with van der Waals surface area (Å²) in [6.45, 7) is 0.876. The summed E-state index contributed by atoms with van der Waals surface area (Å²) in [4.78, 5) is 12.3. The zero-order chi connectivity index (χ0) is 11.7. The molecule has 1 amide bonds. The van der Waals surface area contributed by atoms with Gasteiger partial charge >= 0.3 is 0 Å². The first-order valence-electron chi connectivity index (χ1n) is 5.05. The van der Waals surface area contributed by atoms with E-state index < -0.39 is 0 Å². The fourth-order valence-corrected chi connectivity index (χ4v) is 3.63. The summed E-state index contributed by atoms with van der Waals surface area (Å²) >= 11 is 8.36. The molecular formula is C10H12Br2N2OS. The molecule has 0 bridgehead atoms. The maximum absolute atomic E-state index is 11.4. The Morgan fingerprint density at radius 3 is 2.75 bits per heavy atom. The molecule has 1 atom stereocenters. The number of nitrogens with one attached hydrogen (secondary N) is 1. The molecule has 3 nitrogen and oxygen atoms in total. The van der Waals surface area contributed by atoms with Crippen LogP contribution in [0.5, 0.6) is 0 Å². The molecule has 1 aliphatic rings. The zero-order valence-corrected chi connectivity index (χ0v) is 12.5. The first kappa shape index (κ1) is 12.5. The number of hydrogen-bond donors (Lipinski definition) is 2. The largest absolute Gasteiger partial charge is 0.368 e. The van der Waals surface area contributed by atoms with E-state index in [9.17, 15) is 4.79 Å². The van der Waals surface area contributed by atoms with Crippen molar-refractivity contribution in [2.24, 2.45) is 11.7 Å². The van der Waals surface area contributed by atoms with Crippen molar-refractivity contribution in [1.29, 1.82) is 0 Å². The van der Waals surface area contributed by atoms with E-state index in [1.165, 1.54) is 24.2 Å². The van der Waals surface area contributed by atoms with Crippen molar-refractivity contribution in [3.05, 3.63) is 19.2 Å². The van der Waals surface area contributed by atoms with E-state index in [2.05, 4.69) is 37.2 Å². The van der Waals surface area contributed by atoms with Gasteiger partial charge in [0.05, 0.1) is 3.79 Å². The van der Waals surface area contributed by atoms with E-state index in [4.69, 9.17) is 5.73 Å². The third-order valence-electron chi connectivity index (χ3n) is 2.54. The lowest BCUT2D eigenvalue weighted by molar-refractivity contribution is -0.120. The monoisotopic (exact) mass is 366 g/mol. The summed E-state index contributed by atoms with van der Waals surface area (Å²) < 4.78 is 1.95. The second kappa shape index (κ2) is 5.16. The molecule has 2 rings (SSSR count). The first-order valence-corrected chi connectivity index (χ1v) is 7.45. The van der Waals surface area contributed by atoms with E-state index in [-0.39, 0.29) is 11.9 Å². The molecule has 0 radical (unpaired) electrons. The molecule has 0 saturated heterocycles. The van der Waals surface area contributed by atoms with Crippen LogP contribution in [0, 0.1) is 5.92 Å². The van der Waals surface area contributed by atoms with Gasteiger partial charge in [-0.05, 0) is 63.2 Å². The molecule has 88 valence electrons. The molecule has 1 aromatic heterocycles. The van der Waals surface area contributed by atoms with Gasteiger partial charge in [0.15, 0.2) is 0 Å². The quantitative estimate of drug-likeness (QED) is 0.840. The molecule has 0 aliphatic heterocycles. The maximum Gasteiger partial charge on any atom is 0.239 e. The molecule has 16 heavy (non-hydrogen) atoms. The Morgan fingerprint density at radius 1 is 1.62 bits per heavy atom. The summed E-state index contributed by atoms with van der Waals surface area (Å²) in [5.74, 6) is 0.413. The van der Waals surface area contributed by atoms with Crippen LogP contribution in [-0.2, 0) is 4.79 Å². The van der Waals surface area contributed by atoms with Gasteiger partial charge in [-0.3, -0.25) is 4.79 Å². The Labute approximate surface area is 115 Å². The van der Waals surface area contributed by atoms with E-state index in [1.54, 1.807) is 0 Å². The molecule has 1 saturated carbocycles. The summed E-state index contributed by atoms with van der Waals surface area (Å²) in [6.07, 6.45) is 2.52. The number of carbonyl (C=O) groups is 1. The number of nitrogens with two attached hydrogens (primary N) is 1. The Bertz CT molecular complexity index is 384. The minimum atomic E-state index is -0.367. The molecule has 1 aromatic rings. The Kier molecular flexibility index (Phi) is 4.05. The highest BCUT2D eigenvalue weighted by molar-refractivity contribution is 9.13. The zero-order valence-electron chi connectivity index (χ0n) is 8.50. The van der Waals surface area contributed by atoms with Crippen LogP contribution in [0.25, 0.3) is 0 Å². The third kappa shape index (κ3) is 3.06. The van der Waals surface area contributed by atoms with Crippen molar-refractivity contribution in [2.75, 3.05) is 6.54 Å². The predicted molar refractivity (Wildman–Crippen MR) is 72.4 cm³/mol. The van der Waals surface area contributed by atoms with Crippen molar-refractivity contribution in [2.45, 2.75) is 18.9 Å². The second-order valence-corrected chi connectivity index (χ2v) is 7.21. The number of hydrogen-bond acceptors (Lipinski definition) is 3. The van der Waals surface area contributed by atoms with Gasteiger partial charge in [-0.2, -0.15) is 0 Å². The molecule has 3 N–H and O–H groups in total. The van der Waals surface area contributed by atoms with Crippen molar-refractivity contribution in [1.82, 2.24) is 5.32 Å². The molecule has 1 unspecified atom stereocenters. The van der Waals surface area contributed by atoms with Crippen LogP contribution in [0.1, 0.15) is 23.8 Å². The number of carbonyl (C=O) groups excluding carboxylic acids is 1. The fraction of sp³-hybridized carbons (Fsp3) is 0.500. The van der Waals surface area contributed by atoms with E-state index in [1.807, 2.05) is 6.07 Å². The summed E-state index contributed by atoms with van der Waals surface area (Å²) in [6, 6.07) is 1.57. The SMILES string of the molecule is NC(=O)C(NCC1CC1)c1cc(Br)c(Br)s1. The summed E-state index contributed by atoms with van der Waals surface area (Å²) in [7, 11) is 0. The fourth-order valence-electron chi connectivity index (χ4n) is 1.45. The first-order chi connectivity index (χ1) is 7.58. The van der Waals surface area contributed by atoms with Crippen LogP contribution in [-0.4, -0.2) is 12.5 Å². The van der Waals surface area contributed by atoms with Crippen molar-refractivity contribution >= 4 is 49.1 Å². The highest BCUT2D eigenvalue weighted by Gasteiger charge is 2.26. The molecule has 0 aromatic carbocycles. The van der Waals surface area contributed by atoms with Gasteiger partial charge < -0.3 is 11.1 Å². The Hall–Kier alpha value is 0.0900. The maximum atomic E-state index is 11.4. The highest BCUT2D eigenvalue weighted by Crippen LogP contribution is 2.36. The minimum absolute atomic E-state index is 0.318. The van der Waals surface area contributed by atoms with E-state index in [0.29, 0.717) is 0 Å². The predicted octanol–water partition coefficient (Wildman–Crippen LogP) is 2.80. The van der Waals surface area contributed by atoms with Crippen LogP contribution in [0.3, 0.4) is 0 Å².